The number of nitrogens with zero attached hydrogens (tertiary/aromatic N) is 1. The second kappa shape index (κ2) is 9.44. The first-order chi connectivity index (χ1) is 14.8. The van der Waals surface area contributed by atoms with Crippen LogP contribution in [0, 0.1) is 6.92 Å². The third-order valence-corrected chi connectivity index (χ3v) is 6.86. The van der Waals surface area contributed by atoms with Crippen LogP contribution in [0.3, 0.4) is 0 Å². The lowest BCUT2D eigenvalue weighted by molar-refractivity contribution is -0.116. The van der Waals surface area contributed by atoms with Crippen molar-refractivity contribution in [3.05, 3.63) is 35.9 Å². The molecule has 2 aromatic carbocycles. The van der Waals surface area contributed by atoms with Gasteiger partial charge in [0.05, 0.1) is 25.7 Å². The number of ether oxygens (including phenoxy) is 4. The number of nitrogens with one attached hydrogen (secondary N) is 1. The SMILES string of the molecule is CCN(CC(=O)Nc1ccc2c(c1)OCCO2)S(=O)(=O)c1cc(OC)c(OC)cc1C. The van der Waals surface area contributed by atoms with Gasteiger partial charge < -0.3 is 24.3 Å². The molecule has 0 atom stereocenters. The molecule has 0 bridgehead atoms. The molecular formula is C21H26N2O7S. The van der Waals surface area contributed by atoms with Crippen molar-refractivity contribution in [3.63, 3.8) is 0 Å². The lowest BCUT2D eigenvalue weighted by atomic mass is 10.2. The van der Waals surface area contributed by atoms with Crippen LogP contribution in [0.1, 0.15) is 12.5 Å². The van der Waals surface area contributed by atoms with Gasteiger partial charge in [0.2, 0.25) is 15.9 Å². The van der Waals surface area contributed by atoms with E-state index in [0.29, 0.717) is 47.5 Å². The molecule has 1 aliphatic rings. The average Bonchev–Trinajstić information content (AvgIpc) is 2.76. The molecule has 1 N–H and O–H groups in total. The Bertz CT molecular complexity index is 1070. The molecule has 0 fully saturated rings. The van der Waals surface area contributed by atoms with E-state index in [0.717, 1.165) is 4.31 Å². The zero-order valence-corrected chi connectivity index (χ0v) is 18.7. The smallest absolute Gasteiger partial charge is 0.243 e. The van der Waals surface area contributed by atoms with Crippen molar-refractivity contribution in [2.24, 2.45) is 0 Å². The molecular weight excluding hydrogens is 424 g/mol. The second-order valence-electron chi connectivity index (χ2n) is 6.81. The van der Waals surface area contributed by atoms with Crippen molar-refractivity contribution in [2.45, 2.75) is 18.7 Å². The van der Waals surface area contributed by atoms with Crippen LogP contribution >= 0.6 is 0 Å². The van der Waals surface area contributed by atoms with Gasteiger partial charge in [0.1, 0.15) is 13.2 Å². The molecule has 0 saturated heterocycles. The van der Waals surface area contributed by atoms with Gasteiger partial charge in [-0.1, -0.05) is 6.92 Å². The van der Waals surface area contributed by atoms with E-state index in [1.165, 1.54) is 20.3 Å². The summed E-state index contributed by atoms with van der Waals surface area (Å²) < 4.78 is 49.0. The maximum atomic E-state index is 13.2. The van der Waals surface area contributed by atoms with Gasteiger partial charge in [0.25, 0.3) is 0 Å². The number of sulfonamides is 1. The zero-order valence-electron chi connectivity index (χ0n) is 17.9. The molecule has 0 spiro atoms. The van der Waals surface area contributed by atoms with Crippen molar-refractivity contribution in [1.29, 1.82) is 0 Å². The highest BCUT2D eigenvalue weighted by Gasteiger charge is 2.28. The van der Waals surface area contributed by atoms with Crippen LogP contribution in [0.4, 0.5) is 5.69 Å². The van der Waals surface area contributed by atoms with E-state index in [1.807, 2.05) is 0 Å². The van der Waals surface area contributed by atoms with Gasteiger partial charge in [-0.15, -0.1) is 0 Å². The van der Waals surface area contributed by atoms with Gasteiger partial charge >= 0.3 is 0 Å². The minimum Gasteiger partial charge on any atom is -0.493 e. The van der Waals surface area contributed by atoms with Crippen LogP contribution in [0.25, 0.3) is 0 Å². The number of amides is 1. The van der Waals surface area contributed by atoms with Crippen LogP contribution in [-0.2, 0) is 14.8 Å². The summed E-state index contributed by atoms with van der Waals surface area (Å²) in [6.07, 6.45) is 0. The third kappa shape index (κ3) is 4.86. The molecule has 1 amide bonds. The minimum absolute atomic E-state index is 0.0547. The Morgan fingerprint density at radius 1 is 1.06 bits per heavy atom. The number of aryl methyl sites for hydroxylation is 1. The van der Waals surface area contributed by atoms with Crippen LogP contribution in [0.2, 0.25) is 0 Å². The number of hydrogen-bond donors (Lipinski definition) is 1. The molecule has 2 aromatic rings. The molecule has 0 aliphatic carbocycles. The summed E-state index contributed by atoms with van der Waals surface area (Å²) in [6.45, 7) is 4.00. The first kappa shape index (κ1) is 22.7. The van der Waals surface area contributed by atoms with E-state index >= 15 is 0 Å². The largest absolute Gasteiger partial charge is 0.493 e. The normalized spacial score (nSPS) is 13.1. The van der Waals surface area contributed by atoms with E-state index < -0.39 is 15.9 Å². The van der Waals surface area contributed by atoms with Crippen LogP contribution in [0.5, 0.6) is 23.0 Å². The highest BCUT2D eigenvalue weighted by atomic mass is 32.2. The van der Waals surface area contributed by atoms with Gasteiger partial charge in [0, 0.05) is 24.4 Å². The highest BCUT2D eigenvalue weighted by Crippen LogP contribution is 2.34. The van der Waals surface area contributed by atoms with E-state index in [4.69, 9.17) is 18.9 Å². The third-order valence-electron chi connectivity index (χ3n) is 4.80. The predicted octanol–water partition coefficient (Wildman–Crippen LogP) is 2.43. The molecule has 31 heavy (non-hydrogen) atoms. The molecule has 9 nitrogen and oxygen atoms in total. The summed E-state index contributed by atoms with van der Waals surface area (Å²) in [5, 5.41) is 2.71. The lowest BCUT2D eigenvalue weighted by Crippen LogP contribution is -2.38. The van der Waals surface area contributed by atoms with Crippen molar-refractivity contribution >= 4 is 21.6 Å². The van der Waals surface area contributed by atoms with Crippen LogP contribution < -0.4 is 24.3 Å². The van der Waals surface area contributed by atoms with Crippen molar-refractivity contribution in [1.82, 2.24) is 4.31 Å². The highest BCUT2D eigenvalue weighted by molar-refractivity contribution is 7.89. The number of carbonyl (C=O) groups is 1. The van der Waals surface area contributed by atoms with Gasteiger partial charge in [-0.3, -0.25) is 4.79 Å². The number of likely N-dealkylation sites (N-methyl/N-ethyl adjacent to an activating group) is 1. The second-order valence-corrected chi connectivity index (χ2v) is 8.72. The Morgan fingerprint density at radius 3 is 2.35 bits per heavy atom. The number of anilines is 1. The van der Waals surface area contributed by atoms with Crippen molar-refractivity contribution in [2.75, 3.05) is 45.8 Å². The van der Waals surface area contributed by atoms with E-state index in [-0.39, 0.29) is 18.0 Å². The van der Waals surface area contributed by atoms with Crippen LogP contribution in [0.15, 0.2) is 35.2 Å². The fourth-order valence-electron chi connectivity index (χ4n) is 3.23. The summed E-state index contributed by atoms with van der Waals surface area (Å²) in [5.74, 6) is 1.39. The zero-order chi connectivity index (χ0) is 22.6. The topological polar surface area (TPSA) is 103 Å². The van der Waals surface area contributed by atoms with E-state index in [1.54, 1.807) is 38.1 Å². The summed E-state index contributed by atoms with van der Waals surface area (Å²) in [6, 6.07) is 8.02. The standard InChI is InChI=1S/C21H26N2O7S/c1-5-23(31(25,26)20-12-18(28-4)17(27-3)10-14(20)2)13-21(24)22-15-6-7-16-19(11-15)30-9-8-29-16/h6-7,10-12H,5,8-9,13H2,1-4H3,(H,22,24). The predicted molar refractivity (Wildman–Crippen MR) is 115 cm³/mol. The molecule has 0 saturated carbocycles. The summed E-state index contributed by atoms with van der Waals surface area (Å²) in [7, 11) is -1.04. The Balaban J connectivity index is 1.79. The number of fused-ring (bicyclic) bond motifs is 1. The number of hydrogen-bond acceptors (Lipinski definition) is 7. The molecule has 10 heteroatoms. The Kier molecular flexibility index (Phi) is 6.91. The first-order valence-corrected chi connectivity index (χ1v) is 11.2. The van der Waals surface area contributed by atoms with Gasteiger partial charge in [-0.2, -0.15) is 4.31 Å². The fraction of sp³-hybridized carbons (Fsp3) is 0.381. The Morgan fingerprint density at radius 2 is 1.71 bits per heavy atom. The molecule has 168 valence electrons. The van der Waals surface area contributed by atoms with Gasteiger partial charge in [-0.25, -0.2) is 8.42 Å². The average molecular weight is 451 g/mol. The van der Waals surface area contributed by atoms with Gasteiger partial charge in [0.15, 0.2) is 23.0 Å². The fourth-order valence-corrected chi connectivity index (χ4v) is 4.85. The van der Waals surface area contributed by atoms with Crippen molar-refractivity contribution < 1.29 is 32.2 Å². The number of rotatable bonds is 8. The molecule has 0 radical (unpaired) electrons. The number of benzene rings is 2. The Hall–Kier alpha value is -2.98. The first-order valence-electron chi connectivity index (χ1n) is 9.72. The minimum atomic E-state index is -3.95. The molecule has 1 heterocycles. The summed E-state index contributed by atoms with van der Waals surface area (Å²) in [4.78, 5) is 12.7. The van der Waals surface area contributed by atoms with E-state index in [2.05, 4.69) is 5.32 Å². The quantitative estimate of drug-likeness (QED) is 0.659. The maximum Gasteiger partial charge on any atom is 0.243 e. The summed E-state index contributed by atoms with van der Waals surface area (Å²) >= 11 is 0. The molecule has 3 rings (SSSR count). The van der Waals surface area contributed by atoms with E-state index in [9.17, 15) is 13.2 Å². The number of methoxy groups -OCH3 is 2. The summed E-state index contributed by atoms with van der Waals surface area (Å²) in [5.41, 5.74) is 0.980. The lowest BCUT2D eigenvalue weighted by Gasteiger charge is -2.22. The van der Waals surface area contributed by atoms with Gasteiger partial charge in [-0.05, 0) is 30.7 Å². The van der Waals surface area contributed by atoms with Crippen molar-refractivity contribution in [3.8, 4) is 23.0 Å². The Labute approximate surface area is 181 Å². The molecule has 1 aliphatic heterocycles. The molecule has 0 aromatic heterocycles. The van der Waals surface area contributed by atoms with Crippen LogP contribution in [-0.4, -0.2) is 59.2 Å². The molecule has 0 unspecified atom stereocenters. The maximum absolute atomic E-state index is 13.2. The monoisotopic (exact) mass is 450 g/mol. The number of carbonyl (C=O) groups excluding carboxylic acids is 1.